The highest BCUT2D eigenvalue weighted by atomic mass is 16.6. The van der Waals surface area contributed by atoms with E-state index >= 15 is 0 Å². The standard InChI is InChI=1S/C14H25NO3/c1-4-12(16)14(10-8-7-9-11-14)18-13(17)15(5-2)6-3/h4-11H2,1-3H3. The normalized spacial score (nSPS) is 18.2. The lowest BCUT2D eigenvalue weighted by molar-refractivity contribution is -0.142. The lowest BCUT2D eigenvalue weighted by Crippen LogP contribution is -2.48. The summed E-state index contributed by atoms with van der Waals surface area (Å²) in [6, 6.07) is 0. The first kappa shape index (κ1) is 15.0. The molecule has 1 aliphatic carbocycles. The summed E-state index contributed by atoms with van der Waals surface area (Å²) in [5.41, 5.74) is -0.841. The van der Waals surface area contributed by atoms with Crippen molar-refractivity contribution in [1.29, 1.82) is 0 Å². The van der Waals surface area contributed by atoms with Gasteiger partial charge in [0.1, 0.15) is 0 Å². The van der Waals surface area contributed by atoms with Crippen LogP contribution in [0.4, 0.5) is 4.79 Å². The third-order valence-corrected chi connectivity index (χ3v) is 3.79. The first-order chi connectivity index (χ1) is 8.59. The summed E-state index contributed by atoms with van der Waals surface area (Å²) in [4.78, 5) is 25.8. The predicted molar refractivity (Wildman–Crippen MR) is 70.5 cm³/mol. The number of nitrogens with zero attached hydrogens (tertiary/aromatic N) is 1. The molecule has 4 nitrogen and oxygen atoms in total. The van der Waals surface area contributed by atoms with Crippen LogP contribution in [0.3, 0.4) is 0 Å². The average molecular weight is 255 g/mol. The number of ether oxygens (including phenoxy) is 1. The van der Waals surface area contributed by atoms with Gasteiger partial charge >= 0.3 is 6.09 Å². The van der Waals surface area contributed by atoms with E-state index in [1.54, 1.807) is 4.90 Å². The Morgan fingerprint density at radius 1 is 1.06 bits per heavy atom. The minimum absolute atomic E-state index is 0.0720. The van der Waals surface area contributed by atoms with Crippen LogP contribution in [0.25, 0.3) is 0 Å². The molecule has 0 bridgehead atoms. The van der Waals surface area contributed by atoms with Crippen LogP contribution in [0.15, 0.2) is 0 Å². The van der Waals surface area contributed by atoms with Crippen LogP contribution in [0.1, 0.15) is 59.3 Å². The highest BCUT2D eigenvalue weighted by Gasteiger charge is 2.42. The number of ketones is 1. The van der Waals surface area contributed by atoms with Gasteiger partial charge in [-0.3, -0.25) is 4.79 Å². The van der Waals surface area contributed by atoms with Gasteiger partial charge in [-0.15, -0.1) is 0 Å². The SMILES string of the molecule is CCC(=O)C1(OC(=O)N(CC)CC)CCCCC1. The monoisotopic (exact) mass is 255 g/mol. The quantitative estimate of drug-likeness (QED) is 0.758. The fourth-order valence-electron chi connectivity index (χ4n) is 2.60. The Balaban J connectivity index is 2.78. The molecule has 1 saturated carbocycles. The highest BCUT2D eigenvalue weighted by molar-refractivity contribution is 5.89. The van der Waals surface area contributed by atoms with Crippen LogP contribution in [-0.2, 0) is 9.53 Å². The molecule has 104 valence electrons. The summed E-state index contributed by atoms with van der Waals surface area (Å²) < 4.78 is 5.61. The van der Waals surface area contributed by atoms with Gasteiger partial charge < -0.3 is 9.64 Å². The molecule has 0 heterocycles. The molecule has 0 aromatic heterocycles. The van der Waals surface area contributed by atoms with Crippen LogP contribution in [0.5, 0.6) is 0 Å². The van der Waals surface area contributed by atoms with Crippen molar-refractivity contribution in [2.24, 2.45) is 0 Å². The minimum Gasteiger partial charge on any atom is -0.435 e. The fraction of sp³-hybridized carbons (Fsp3) is 0.857. The second-order valence-corrected chi connectivity index (χ2v) is 4.87. The first-order valence-corrected chi connectivity index (χ1v) is 7.10. The summed E-state index contributed by atoms with van der Waals surface area (Å²) in [6.45, 7) is 6.90. The Kier molecular flexibility index (Phi) is 5.63. The lowest BCUT2D eigenvalue weighted by Gasteiger charge is -2.36. The van der Waals surface area contributed by atoms with E-state index in [0.717, 1.165) is 19.3 Å². The Labute approximate surface area is 110 Å². The summed E-state index contributed by atoms with van der Waals surface area (Å²) in [5.74, 6) is 0.0720. The Morgan fingerprint density at radius 3 is 2.06 bits per heavy atom. The van der Waals surface area contributed by atoms with E-state index in [1.807, 2.05) is 20.8 Å². The number of Topliss-reactive ketones (excluding diaryl/α,β-unsaturated/α-hetero) is 1. The summed E-state index contributed by atoms with van der Waals surface area (Å²) >= 11 is 0. The second kappa shape index (κ2) is 6.76. The molecule has 18 heavy (non-hydrogen) atoms. The maximum atomic E-state index is 12.1. The van der Waals surface area contributed by atoms with E-state index < -0.39 is 5.60 Å². The van der Waals surface area contributed by atoms with E-state index in [2.05, 4.69) is 0 Å². The van der Waals surface area contributed by atoms with E-state index in [0.29, 0.717) is 32.4 Å². The zero-order valence-electron chi connectivity index (χ0n) is 11.8. The van der Waals surface area contributed by atoms with Crippen molar-refractivity contribution in [3.05, 3.63) is 0 Å². The molecule has 0 radical (unpaired) electrons. The molecule has 0 unspecified atom stereocenters. The molecule has 1 amide bonds. The van der Waals surface area contributed by atoms with Crippen molar-refractivity contribution >= 4 is 11.9 Å². The van der Waals surface area contributed by atoms with Gasteiger partial charge in [-0.25, -0.2) is 4.79 Å². The summed E-state index contributed by atoms with van der Waals surface area (Å²) in [5, 5.41) is 0. The third-order valence-electron chi connectivity index (χ3n) is 3.79. The van der Waals surface area contributed by atoms with Gasteiger partial charge in [-0.05, 0) is 39.5 Å². The molecule has 0 saturated heterocycles. The largest absolute Gasteiger partial charge is 0.435 e. The molecule has 1 fully saturated rings. The van der Waals surface area contributed by atoms with Crippen LogP contribution in [-0.4, -0.2) is 35.5 Å². The average Bonchev–Trinajstić information content (AvgIpc) is 2.40. The van der Waals surface area contributed by atoms with Gasteiger partial charge in [0.2, 0.25) is 0 Å². The molecule has 0 spiro atoms. The highest BCUT2D eigenvalue weighted by Crippen LogP contribution is 2.34. The zero-order valence-corrected chi connectivity index (χ0v) is 11.8. The second-order valence-electron chi connectivity index (χ2n) is 4.87. The number of hydrogen-bond donors (Lipinski definition) is 0. The Bertz CT molecular complexity index is 291. The van der Waals surface area contributed by atoms with E-state index in [1.165, 1.54) is 0 Å². The molecular formula is C14H25NO3. The van der Waals surface area contributed by atoms with Gasteiger partial charge in [0, 0.05) is 19.5 Å². The molecular weight excluding hydrogens is 230 g/mol. The lowest BCUT2D eigenvalue weighted by atomic mass is 9.80. The molecule has 1 aliphatic rings. The molecule has 0 atom stereocenters. The molecule has 0 aliphatic heterocycles. The number of rotatable bonds is 5. The molecule has 4 heteroatoms. The molecule has 0 aromatic carbocycles. The summed E-state index contributed by atoms with van der Waals surface area (Å²) in [6.07, 6.45) is 4.53. The minimum atomic E-state index is -0.841. The van der Waals surface area contributed by atoms with Crippen LogP contribution in [0, 0.1) is 0 Å². The van der Waals surface area contributed by atoms with Crippen molar-refractivity contribution in [3.63, 3.8) is 0 Å². The van der Waals surface area contributed by atoms with Gasteiger partial charge in [0.05, 0.1) is 0 Å². The maximum absolute atomic E-state index is 12.1. The van der Waals surface area contributed by atoms with E-state index in [-0.39, 0.29) is 11.9 Å². The third kappa shape index (κ3) is 3.24. The van der Waals surface area contributed by atoms with Crippen molar-refractivity contribution in [1.82, 2.24) is 4.90 Å². The van der Waals surface area contributed by atoms with Gasteiger partial charge in [0.25, 0.3) is 0 Å². The van der Waals surface area contributed by atoms with Crippen molar-refractivity contribution in [3.8, 4) is 0 Å². The van der Waals surface area contributed by atoms with Crippen molar-refractivity contribution < 1.29 is 14.3 Å². The Morgan fingerprint density at radius 2 is 1.61 bits per heavy atom. The van der Waals surface area contributed by atoms with Gasteiger partial charge in [0.15, 0.2) is 11.4 Å². The van der Waals surface area contributed by atoms with E-state index in [9.17, 15) is 9.59 Å². The number of hydrogen-bond acceptors (Lipinski definition) is 3. The molecule has 0 aromatic rings. The number of carbonyl (C=O) groups is 2. The van der Waals surface area contributed by atoms with Crippen LogP contribution >= 0.6 is 0 Å². The summed E-state index contributed by atoms with van der Waals surface area (Å²) in [7, 11) is 0. The Hall–Kier alpha value is -1.06. The first-order valence-electron chi connectivity index (χ1n) is 7.10. The fourth-order valence-corrected chi connectivity index (χ4v) is 2.60. The predicted octanol–water partition coefficient (Wildman–Crippen LogP) is 3.15. The zero-order chi connectivity index (χ0) is 13.6. The van der Waals surface area contributed by atoms with E-state index in [4.69, 9.17) is 4.74 Å². The van der Waals surface area contributed by atoms with Crippen LogP contribution in [0.2, 0.25) is 0 Å². The maximum Gasteiger partial charge on any atom is 0.410 e. The van der Waals surface area contributed by atoms with Crippen molar-refractivity contribution in [2.45, 2.75) is 64.9 Å². The van der Waals surface area contributed by atoms with Crippen molar-refractivity contribution in [2.75, 3.05) is 13.1 Å². The molecule has 1 rings (SSSR count). The smallest absolute Gasteiger partial charge is 0.410 e. The number of amides is 1. The topological polar surface area (TPSA) is 46.6 Å². The van der Waals surface area contributed by atoms with Gasteiger partial charge in [-0.2, -0.15) is 0 Å². The number of carbonyl (C=O) groups excluding carboxylic acids is 2. The van der Waals surface area contributed by atoms with Crippen LogP contribution < -0.4 is 0 Å². The molecule has 0 N–H and O–H groups in total. The van der Waals surface area contributed by atoms with Gasteiger partial charge in [-0.1, -0.05) is 13.3 Å².